The number of nitrogen functional groups attached to an aromatic ring is 1. The highest BCUT2D eigenvalue weighted by atomic mass is 35.5. The van der Waals surface area contributed by atoms with E-state index in [0.29, 0.717) is 10.8 Å². The standard InChI is InChI=1S/C12H9ClN4O2/c13-9-3-1-2-8(6-9)4-5-11-15-7-10(17(18)19)12(14)16-11/h1-7H,(H2,14,15,16)/b5-4+. The molecule has 2 N–H and O–H groups in total. The van der Waals surface area contributed by atoms with Crippen LogP contribution in [0.4, 0.5) is 11.5 Å². The molecule has 2 rings (SSSR count). The Hall–Kier alpha value is -2.47. The van der Waals surface area contributed by atoms with E-state index in [-0.39, 0.29) is 11.5 Å². The fourth-order valence-electron chi connectivity index (χ4n) is 1.40. The molecule has 0 unspecified atom stereocenters. The SMILES string of the molecule is Nc1nc(/C=C/c2cccc(Cl)c2)ncc1[N+](=O)[O-]. The molecule has 0 fully saturated rings. The quantitative estimate of drug-likeness (QED) is 0.687. The van der Waals surface area contributed by atoms with Gasteiger partial charge in [0.2, 0.25) is 5.82 Å². The van der Waals surface area contributed by atoms with Crippen LogP contribution in [0, 0.1) is 10.1 Å². The molecule has 96 valence electrons. The average Bonchev–Trinajstić information content (AvgIpc) is 2.36. The van der Waals surface area contributed by atoms with E-state index in [1.54, 1.807) is 24.3 Å². The molecular formula is C12H9ClN4O2. The zero-order valence-electron chi connectivity index (χ0n) is 9.65. The van der Waals surface area contributed by atoms with Gasteiger partial charge in [-0.3, -0.25) is 10.1 Å². The maximum Gasteiger partial charge on any atom is 0.329 e. The first-order valence-electron chi connectivity index (χ1n) is 5.27. The van der Waals surface area contributed by atoms with Gasteiger partial charge in [0.15, 0.2) is 5.82 Å². The second-order valence-electron chi connectivity index (χ2n) is 3.64. The van der Waals surface area contributed by atoms with Crippen LogP contribution < -0.4 is 5.73 Å². The van der Waals surface area contributed by atoms with Gasteiger partial charge >= 0.3 is 5.69 Å². The van der Waals surface area contributed by atoms with Crippen molar-refractivity contribution < 1.29 is 4.92 Å². The molecule has 0 bridgehead atoms. The Morgan fingerprint density at radius 3 is 2.79 bits per heavy atom. The number of aromatic nitrogens is 2. The van der Waals surface area contributed by atoms with Crippen LogP contribution in [0.25, 0.3) is 12.2 Å². The zero-order chi connectivity index (χ0) is 13.8. The number of halogens is 1. The second kappa shape index (κ2) is 5.45. The Bertz CT molecular complexity index is 658. The monoisotopic (exact) mass is 276 g/mol. The van der Waals surface area contributed by atoms with E-state index in [1.807, 2.05) is 12.1 Å². The largest absolute Gasteiger partial charge is 0.378 e. The minimum absolute atomic E-state index is 0.161. The number of anilines is 1. The number of nitro groups is 1. The van der Waals surface area contributed by atoms with Crippen molar-refractivity contribution in [1.29, 1.82) is 0 Å². The van der Waals surface area contributed by atoms with Crippen LogP contribution in [-0.2, 0) is 0 Å². The van der Waals surface area contributed by atoms with Gasteiger partial charge in [-0.25, -0.2) is 9.97 Å². The first kappa shape index (κ1) is 13.0. The fourth-order valence-corrected chi connectivity index (χ4v) is 1.60. The Morgan fingerprint density at radius 1 is 1.37 bits per heavy atom. The lowest BCUT2D eigenvalue weighted by Crippen LogP contribution is -2.01. The van der Waals surface area contributed by atoms with E-state index >= 15 is 0 Å². The van der Waals surface area contributed by atoms with Gasteiger partial charge in [-0.05, 0) is 23.8 Å². The summed E-state index contributed by atoms with van der Waals surface area (Å²) in [6.07, 6.45) is 4.43. The number of hydrogen-bond acceptors (Lipinski definition) is 5. The highest BCUT2D eigenvalue weighted by molar-refractivity contribution is 6.30. The number of nitrogens with zero attached hydrogens (tertiary/aromatic N) is 3. The molecule has 7 heteroatoms. The summed E-state index contributed by atoms with van der Waals surface area (Å²) >= 11 is 5.85. The molecule has 0 aliphatic rings. The number of nitrogens with two attached hydrogens (primary N) is 1. The Kier molecular flexibility index (Phi) is 3.72. The first-order chi connectivity index (χ1) is 9.06. The maximum atomic E-state index is 10.6. The van der Waals surface area contributed by atoms with Crippen molar-refractivity contribution in [2.75, 3.05) is 5.73 Å². The summed E-state index contributed by atoms with van der Waals surface area (Å²) in [5, 5.41) is 11.2. The molecule has 1 aromatic heterocycles. The number of hydrogen-bond donors (Lipinski definition) is 1. The molecule has 19 heavy (non-hydrogen) atoms. The lowest BCUT2D eigenvalue weighted by Gasteiger charge is -1.97. The van der Waals surface area contributed by atoms with Crippen LogP contribution >= 0.6 is 11.6 Å². The van der Waals surface area contributed by atoms with Crippen molar-refractivity contribution >= 4 is 35.3 Å². The van der Waals surface area contributed by atoms with Gasteiger partial charge in [-0.15, -0.1) is 0 Å². The van der Waals surface area contributed by atoms with Gasteiger partial charge in [0.1, 0.15) is 6.20 Å². The molecule has 0 spiro atoms. The van der Waals surface area contributed by atoms with Crippen LogP contribution in [0.15, 0.2) is 30.5 Å². The second-order valence-corrected chi connectivity index (χ2v) is 4.08. The lowest BCUT2D eigenvalue weighted by atomic mass is 10.2. The predicted molar refractivity (Wildman–Crippen MR) is 73.5 cm³/mol. The summed E-state index contributed by atoms with van der Waals surface area (Å²) in [7, 11) is 0. The van der Waals surface area contributed by atoms with Crippen molar-refractivity contribution in [1.82, 2.24) is 9.97 Å². The third-order valence-electron chi connectivity index (χ3n) is 2.29. The molecular weight excluding hydrogens is 268 g/mol. The summed E-state index contributed by atoms with van der Waals surface area (Å²) in [6.45, 7) is 0. The molecule has 1 heterocycles. The van der Waals surface area contributed by atoms with Gasteiger partial charge in [0.05, 0.1) is 4.92 Å². The van der Waals surface area contributed by atoms with Crippen molar-refractivity contribution in [3.05, 3.63) is 57.0 Å². The van der Waals surface area contributed by atoms with Crippen LogP contribution in [0.3, 0.4) is 0 Å². The van der Waals surface area contributed by atoms with Crippen molar-refractivity contribution in [3.63, 3.8) is 0 Å². The minimum atomic E-state index is -0.625. The van der Waals surface area contributed by atoms with E-state index in [1.165, 1.54) is 0 Å². The van der Waals surface area contributed by atoms with Crippen LogP contribution in [0.1, 0.15) is 11.4 Å². The Morgan fingerprint density at radius 2 is 2.16 bits per heavy atom. The fraction of sp³-hybridized carbons (Fsp3) is 0. The molecule has 1 aromatic carbocycles. The van der Waals surface area contributed by atoms with Crippen LogP contribution in [-0.4, -0.2) is 14.9 Å². The van der Waals surface area contributed by atoms with Crippen LogP contribution in [0.2, 0.25) is 5.02 Å². The summed E-state index contributed by atoms with van der Waals surface area (Å²) in [4.78, 5) is 17.6. The topological polar surface area (TPSA) is 94.9 Å². The molecule has 6 nitrogen and oxygen atoms in total. The number of benzene rings is 1. The highest BCUT2D eigenvalue weighted by Gasteiger charge is 2.12. The first-order valence-corrected chi connectivity index (χ1v) is 5.64. The summed E-state index contributed by atoms with van der Waals surface area (Å²) < 4.78 is 0. The summed E-state index contributed by atoms with van der Waals surface area (Å²) in [6, 6.07) is 7.20. The van der Waals surface area contributed by atoms with Crippen LogP contribution in [0.5, 0.6) is 0 Å². The maximum absolute atomic E-state index is 10.6. The van der Waals surface area contributed by atoms with Gasteiger partial charge in [-0.2, -0.15) is 0 Å². The molecule has 0 atom stereocenters. The van der Waals surface area contributed by atoms with Crippen molar-refractivity contribution in [2.24, 2.45) is 0 Å². The van der Waals surface area contributed by atoms with E-state index in [9.17, 15) is 10.1 Å². The van der Waals surface area contributed by atoms with Gasteiger partial charge in [0, 0.05) is 5.02 Å². The van der Waals surface area contributed by atoms with E-state index in [0.717, 1.165) is 11.8 Å². The highest BCUT2D eigenvalue weighted by Crippen LogP contribution is 2.18. The molecule has 0 saturated carbocycles. The van der Waals surface area contributed by atoms with Gasteiger partial charge in [0.25, 0.3) is 0 Å². The Labute approximate surface area is 113 Å². The molecule has 0 amide bonds. The molecule has 0 saturated heterocycles. The third kappa shape index (κ3) is 3.26. The number of rotatable bonds is 3. The molecule has 0 aliphatic carbocycles. The van der Waals surface area contributed by atoms with Crippen molar-refractivity contribution in [3.8, 4) is 0 Å². The molecule has 2 aromatic rings. The van der Waals surface area contributed by atoms with Gasteiger partial charge in [-0.1, -0.05) is 29.8 Å². The minimum Gasteiger partial charge on any atom is -0.378 e. The average molecular weight is 277 g/mol. The summed E-state index contributed by atoms with van der Waals surface area (Å²) in [5.41, 5.74) is 6.03. The van der Waals surface area contributed by atoms with E-state index in [2.05, 4.69) is 9.97 Å². The van der Waals surface area contributed by atoms with Crippen molar-refractivity contribution in [2.45, 2.75) is 0 Å². The Balaban J connectivity index is 2.24. The van der Waals surface area contributed by atoms with E-state index < -0.39 is 4.92 Å². The van der Waals surface area contributed by atoms with E-state index in [4.69, 9.17) is 17.3 Å². The smallest absolute Gasteiger partial charge is 0.329 e. The molecule has 0 aliphatic heterocycles. The predicted octanol–water partition coefficient (Wildman–Crippen LogP) is 2.79. The molecule has 0 radical (unpaired) electrons. The summed E-state index contributed by atoms with van der Waals surface area (Å²) in [5.74, 6) is 0.133. The third-order valence-corrected chi connectivity index (χ3v) is 2.52. The lowest BCUT2D eigenvalue weighted by molar-refractivity contribution is -0.384. The zero-order valence-corrected chi connectivity index (χ0v) is 10.4. The normalized spacial score (nSPS) is 10.8. The van der Waals surface area contributed by atoms with Gasteiger partial charge < -0.3 is 5.73 Å².